The van der Waals surface area contributed by atoms with Crippen LogP contribution in [0, 0.1) is 0 Å². The van der Waals surface area contributed by atoms with Crippen molar-refractivity contribution >= 4 is 29.3 Å². The predicted molar refractivity (Wildman–Crippen MR) is 92.5 cm³/mol. The van der Waals surface area contributed by atoms with Crippen LogP contribution in [0.25, 0.3) is 0 Å². The number of nitrogens with one attached hydrogen (secondary N) is 1. The Labute approximate surface area is 149 Å². The molecule has 2 rings (SSSR count). The molecular formula is C18H18N2O6. The highest BCUT2D eigenvalue weighted by Gasteiger charge is 2.20. The lowest BCUT2D eigenvalue weighted by molar-refractivity contribution is 0.0587. The van der Waals surface area contributed by atoms with Crippen molar-refractivity contribution in [2.45, 2.75) is 6.92 Å². The molecule has 136 valence electrons. The maximum absolute atomic E-state index is 12.6. The molecule has 1 N–H and O–H groups in total. The third-order valence-electron chi connectivity index (χ3n) is 3.74. The summed E-state index contributed by atoms with van der Waals surface area (Å²) in [6.07, 6.45) is 1.53. The van der Waals surface area contributed by atoms with Gasteiger partial charge in [-0.05, 0) is 31.2 Å². The Kier molecular flexibility index (Phi) is 5.56. The number of carbonyl (C=O) groups is 4. The van der Waals surface area contributed by atoms with E-state index < -0.39 is 17.8 Å². The van der Waals surface area contributed by atoms with E-state index in [1.165, 1.54) is 56.2 Å². The summed E-state index contributed by atoms with van der Waals surface area (Å²) in [4.78, 5) is 47.7. The molecule has 0 saturated carbocycles. The van der Waals surface area contributed by atoms with Crippen molar-refractivity contribution in [2.24, 2.45) is 7.05 Å². The van der Waals surface area contributed by atoms with Crippen LogP contribution in [0.2, 0.25) is 0 Å². The number of nitrogens with zero attached hydrogens (tertiary/aromatic N) is 1. The lowest BCUT2D eigenvalue weighted by Crippen LogP contribution is -2.18. The van der Waals surface area contributed by atoms with Gasteiger partial charge in [0.05, 0.1) is 31.0 Å². The van der Waals surface area contributed by atoms with E-state index in [4.69, 9.17) is 4.74 Å². The molecule has 1 amide bonds. The van der Waals surface area contributed by atoms with Crippen molar-refractivity contribution in [2.75, 3.05) is 19.5 Å². The number of aryl methyl sites for hydroxylation is 1. The number of hydrogen-bond acceptors (Lipinski definition) is 6. The van der Waals surface area contributed by atoms with Gasteiger partial charge in [-0.2, -0.15) is 0 Å². The molecule has 0 atom stereocenters. The van der Waals surface area contributed by atoms with Gasteiger partial charge in [0, 0.05) is 18.8 Å². The predicted octanol–water partition coefficient (Wildman–Crippen LogP) is 2.05. The molecule has 0 fully saturated rings. The molecule has 0 bridgehead atoms. The van der Waals surface area contributed by atoms with Crippen LogP contribution < -0.4 is 5.32 Å². The van der Waals surface area contributed by atoms with E-state index in [2.05, 4.69) is 10.1 Å². The first-order valence-corrected chi connectivity index (χ1v) is 7.57. The van der Waals surface area contributed by atoms with Gasteiger partial charge in [-0.3, -0.25) is 9.59 Å². The zero-order chi connectivity index (χ0) is 19.4. The van der Waals surface area contributed by atoms with Crippen molar-refractivity contribution < 1.29 is 28.7 Å². The van der Waals surface area contributed by atoms with Gasteiger partial charge >= 0.3 is 11.9 Å². The summed E-state index contributed by atoms with van der Waals surface area (Å²) in [6, 6.07) is 5.52. The number of carbonyl (C=O) groups excluding carboxylic acids is 4. The SMILES string of the molecule is COC(=O)c1ccc(C(=O)OC)c(NC(=O)c2cc(C(C)=O)cn2C)c1. The van der Waals surface area contributed by atoms with Gasteiger partial charge in [0.1, 0.15) is 5.69 Å². The fraction of sp³-hybridized carbons (Fsp3) is 0.222. The van der Waals surface area contributed by atoms with E-state index >= 15 is 0 Å². The van der Waals surface area contributed by atoms with Crippen LogP contribution in [0.5, 0.6) is 0 Å². The van der Waals surface area contributed by atoms with E-state index in [1.807, 2.05) is 0 Å². The average Bonchev–Trinajstić information content (AvgIpc) is 3.02. The van der Waals surface area contributed by atoms with Gasteiger partial charge < -0.3 is 19.4 Å². The molecule has 1 aromatic heterocycles. The second-order valence-corrected chi connectivity index (χ2v) is 5.48. The van der Waals surface area contributed by atoms with Gasteiger partial charge in [0.2, 0.25) is 0 Å². The number of ketones is 1. The number of hydrogen-bond donors (Lipinski definition) is 1. The zero-order valence-corrected chi connectivity index (χ0v) is 14.8. The molecule has 26 heavy (non-hydrogen) atoms. The number of esters is 2. The van der Waals surface area contributed by atoms with E-state index in [9.17, 15) is 19.2 Å². The number of rotatable bonds is 5. The fourth-order valence-corrected chi connectivity index (χ4v) is 2.35. The van der Waals surface area contributed by atoms with Gasteiger partial charge in [-0.25, -0.2) is 9.59 Å². The lowest BCUT2D eigenvalue weighted by atomic mass is 10.1. The molecule has 0 aliphatic carbocycles. The van der Waals surface area contributed by atoms with Crippen LogP contribution in [-0.2, 0) is 16.5 Å². The van der Waals surface area contributed by atoms with E-state index in [1.54, 1.807) is 7.05 Å². The highest BCUT2D eigenvalue weighted by molar-refractivity contribution is 6.09. The number of anilines is 1. The zero-order valence-electron chi connectivity index (χ0n) is 14.8. The number of aromatic nitrogens is 1. The normalized spacial score (nSPS) is 10.2. The van der Waals surface area contributed by atoms with Gasteiger partial charge in [-0.15, -0.1) is 0 Å². The van der Waals surface area contributed by atoms with Gasteiger partial charge in [0.25, 0.3) is 5.91 Å². The molecule has 0 saturated heterocycles. The van der Waals surface area contributed by atoms with Crippen LogP contribution in [0.15, 0.2) is 30.5 Å². The summed E-state index contributed by atoms with van der Waals surface area (Å²) < 4.78 is 10.8. The standard InChI is InChI=1S/C18H18N2O6/c1-10(21)12-8-15(20(2)9-12)16(22)19-14-7-11(17(23)25-3)5-6-13(14)18(24)26-4/h5-9H,1-4H3,(H,19,22). The summed E-state index contributed by atoms with van der Waals surface area (Å²) >= 11 is 0. The van der Waals surface area contributed by atoms with Crippen molar-refractivity contribution in [3.63, 3.8) is 0 Å². The Morgan fingerprint density at radius 1 is 0.962 bits per heavy atom. The first kappa shape index (κ1) is 18.9. The Bertz CT molecular complexity index is 897. The number of benzene rings is 1. The third-order valence-corrected chi connectivity index (χ3v) is 3.74. The van der Waals surface area contributed by atoms with Crippen molar-refractivity contribution in [3.8, 4) is 0 Å². The topological polar surface area (TPSA) is 104 Å². The van der Waals surface area contributed by atoms with Gasteiger partial charge in [0.15, 0.2) is 5.78 Å². The molecule has 0 unspecified atom stereocenters. The average molecular weight is 358 g/mol. The van der Waals surface area contributed by atoms with Crippen LogP contribution in [0.4, 0.5) is 5.69 Å². The summed E-state index contributed by atoms with van der Waals surface area (Å²) in [5.74, 6) is -2.02. The highest BCUT2D eigenvalue weighted by Crippen LogP contribution is 2.21. The second-order valence-electron chi connectivity index (χ2n) is 5.48. The molecule has 8 heteroatoms. The molecule has 0 aliphatic heterocycles. The minimum absolute atomic E-state index is 0.0782. The number of ether oxygens (including phenoxy) is 2. The van der Waals surface area contributed by atoms with Crippen LogP contribution in [-0.4, -0.2) is 42.4 Å². The van der Waals surface area contributed by atoms with Crippen LogP contribution in [0.3, 0.4) is 0 Å². The number of methoxy groups -OCH3 is 2. The molecule has 2 aromatic rings. The second kappa shape index (κ2) is 7.64. The van der Waals surface area contributed by atoms with Crippen LogP contribution in [0.1, 0.15) is 48.5 Å². The lowest BCUT2D eigenvalue weighted by Gasteiger charge is -2.11. The monoisotopic (exact) mass is 358 g/mol. The fourth-order valence-electron chi connectivity index (χ4n) is 2.35. The van der Waals surface area contributed by atoms with Crippen molar-refractivity contribution in [1.82, 2.24) is 4.57 Å². The van der Waals surface area contributed by atoms with Crippen LogP contribution >= 0.6 is 0 Å². The molecule has 1 heterocycles. The first-order chi connectivity index (χ1) is 12.3. The van der Waals surface area contributed by atoms with E-state index in [0.717, 1.165) is 0 Å². The number of Topliss-reactive ketones (excluding diaryl/α,β-unsaturated/α-hetero) is 1. The summed E-state index contributed by atoms with van der Waals surface area (Å²) in [6.45, 7) is 1.40. The molecule has 0 aliphatic rings. The quantitative estimate of drug-likeness (QED) is 0.648. The molecule has 1 aromatic carbocycles. The summed E-state index contributed by atoms with van der Waals surface area (Å²) in [7, 11) is 4.05. The highest BCUT2D eigenvalue weighted by atomic mass is 16.5. The maximum Gasteiger partial charge on any atom is 0.339 e. The largest absolute Gasteiger partial charge is 0.465 e. The van der Waals surface area contributed by atoms with Crippen molar-refractivity contribution in [3.05, 3.63) is 52.8 Å². The summed E-state index contributed by atoms with van der Waals surface area (Å²) in [5, 5.41) is 2.57. The Morgan fingerprint density at radius 2 is 1.62 bits per heavy atom. The first-order valence-electron chi connectivity index (χ1n) is 7.57. The molecular weight excluding hydrogens is 340 g/mol. The van der Waals surface area contributed by atoms with E-state index in [-0.39, 0.29) is 28.3 Å². The summed E-state index contributed by atoms with van der Waals surface area (Å²) in [5.41, 5.74) is 0.931. The maximum atomic E-state index is 12.6. The Balaban J connectivity index is 2.42. The Hall–Kier alpha value is -3.42. The molecule has 0 radical (unpaired) electrons. The minimum atomic E-state index is -0.673. The smallest absolute Gasteiger partial charge is 0.339 e. The molecule has 0 spiro atoms. The molecule has 8 nitrogen and oxygen atoms in total. The third kappa shape index (κ3) is 3.80. The Morgan fingerprint density at radius 3 is 2.15 bits per heavy atom. The minimum Gasteiger partial charge on any atom is -0.465 e. The van der Waals surface area contributed by atoms with Crippen molar-refractivity contribution in [1.29, 1.82) is 0 Å². The van der Waals surface area contributed by atoms with E-state index in [0.29, 0.717) is 5.56 Å². The van der Waals surface area contributed by atoms with Gasteiger partial charge in [-0.1, -0.05) is 0 Å². The number of amides is 1.